The van der Waals surface area contributed by atoms with E-state index < -0.39 is 5.82 Å². The number of anilines is 1. The highest BCUT2D eigenvalue weighted by atomic mass is 32.1. The molecule has 0 radical (unpaired) electrons. The van der Waals surface area contributed by atoms with E-state index in [1.807, 2.05) is 37.3 Å². The molecule has 5 aromatic rings. The molecule has 1 aromatic carbocycles. The van der Waals surface area contributed by atoms with Crippen molar-refractivity contribution in [3.8, 4) is 22.0 Å². The van der Waals surface area contributed by atoms with Gasteiger partial charge >= 0.3 is 5.97 Å². The molecule has 3 fully saturated rings. The van der Waals surface area contributed by atoms with Crippen molar-refractivity contribution in [1.29, 1.82) is 0 Å². The van der Waals surface area contributed by atoms with Gasteiger partial charge in [-0.05, 0) is 62.0 Å². The van der Waals surface area contributed by atoms with Gasteiger partial charge in [-0.15, -0.1) is 11.3 Å². The number of nitrogens with zero attached hydrogens (tertiary/aromatic N) is 4. The Morgan fingerprint density at radius 2 is 1.92 bits per heavy atom. The molecule has 0 amide bonds. The number of nitrogens with one attached hydrogen (secondary N) is 2. The molecular formula is C29H27FN6O2S. The second kappa shape index (κ2) is 9.68. The number of carbonyl (C=O) groups is 1. The third kappa shape index (κ3) is 4.14. The molecule has 0 unspecified atom stereocenters. The Bertz CT molecular complexity index is 1660. The number of halogens is 1. The van der Waals surface area contributed by atoms with E-state index in [1.165, 1.54) is 11.3 Å². The molecule has 0 saturated heterocycles. The fraction of sp³-hybridized carbons (Fsp3) is 0.345. The predicted octanol–water partition coefficient (Wildman–Crippen LogP) is 6.22. The predicted molar refractivity (Wildman–Crippen MR) is 149 cm³/mol. The minimum absolute atomic E-state index is 0.0949. The molecule has 8 rings (SSSR count). The third-order valence-corrected chi connectivity index (χ3v) is 9.26. The summed E-state index contributed by atoms with van der Waals surface area (Å²) in [5.41, 5.74) is 2.06. The van der Waals surface area contributed by atoms with E-state index in [2.05, 4.69) is 25.3 Å². The maximum absolute atomic E-state index is 16.4. The molecule has 39 heavy (non-hydrogen) atoms. The monoisotopic (exact) mass is 542 g/mol. The number of ether oxygens (including phenoxy) is 1. The number of benzene rings is 1. The van der Waals surface area contributed by atoms with Crippen LogP contribution in [-0.2, 0) is 9.53 Å². The Labute approximate surface area is 228 Å². The molecule has 3 aliphatic rings. The van der Waals surface area contributed by atoms with Crippen LogP contribution in [0.15, 0.2) is 48.9 Å². The molecule has 8 nitrogen and oxygen atoms in total. The smallest absolute Gasteiger partial charge is 0.311 e. The normalized spacial score (nSPS) is 22.4. The number of carbonyl (C=O) groups excluding carboxylic acids is 1. The summed E-state index contributed by atoms with van der Waals surface area (Å²) >= 11 is 1.49. The maximum Gasteiger partial charge on any atom is 0.311 e. The topological polar surface area (TPSA) is 106 Å². The van der Waals surface area contributed by atoms with Crippen LogP contribution in [0.4, 0.5) is 10.2 Å². The van der Waals surface area contributed by atoms with Crippen molar-refractivity contribution in [2.24, 2.45) is 17.8 Å². The van der Waals surface area contributed by atoms with Gasteiger partial charge in [-0.3, -0.25) is 9.78 Å². The minimum atomic E-state index is -0.528. The molecular weight excluding hydrogens is 515 g/mol. The number of hydrogen-bond donors (Lipinski definition) is 2. The first-order valence-corrected chi connectivity index (χ1v) is 14.2. The Kier molecular flexibility index (Phi) is 5.99. The van der Waals surface area contributed by atoms with Crippen molar-refractivity contribution in [2.75, 3.05) is 11.9 Å². The molecule has 4 heterocycles. The number of aromatic nitrogens is 5. The van der Waals surface area contributed by atoms with E-state index in [0.29, 0.717) is 34.0 Å². The average Bonchev–Trinajstić information content (AvgIpc) is 3.59. The highest BCUT2D eigenvalue weighted by Crippen LogP contribution is 2.47. The van der Waals surface area contributed by atoms with Gasteiger partial charge in [0.05, 0.1) is 23.0 Å². The van der Waals surface area contributed by atoms with Crippen LogP contribution in [0.25, 0.3) is 43.2 Å². The van der Waals surface area contributed by atoms with Gasteiger partial charge in [0.15, 0.2) is 23.1 Å². The van der Waals surface area contributed by atoms with Crippen LogP contribution in [0.1, 0.15) is 32.6 Å². The molecule has 10 heteroatoms. The maximum atomic E-state index is 16.4. The number of aromatic amines is 1. The standard InChI is InChI=1S/C29H27FN6O2S/c1-2-38-29(37)21-15-7-9-16(10-8-15)23(21)34-27-22(30)25(20-13-17-5-3-4-6-19(17)39-20)35-26(36-27)18-14-33-28-24(18)31-11-12-32-28/h3-6,11-16,21,23H,2,7-10H2,1H3,(H,32,33)(H,34,35,36)/t15?,16?,21-,23-/m1/s1. The van der Waals surface area contributed by atoms with Crippen molar-refractivity contribution < 1.29 is 13.9 Å². The van der Waals surface area contributed by atoms with Crippen LogP contribution in [0.3, 0.4) is 0 Å². The quantitative estimate of drug-likeness (QED) is 0.246. The highest BCUT2D eigenvalue weighted by Gasteiger charge is 2.48. The second-order valence-electron chi connectivity index (χ2n) is 10.3. The first-order chi connectivity index (χ1) is 19.1. The highest BCUT2D eigenvalue weighted by molar-refractivity contribution is 7.22. The number of esters is 1. The number of thiophene rings is 1. The Morgan fingerprint density at radius 1 is 1.13 bits per heavy atom. The van der Waals surface area contributed by atoms with E-state index in [-0.39, 0.29) is 41.3 Å². The Balaban J connectivity index is 1.37. The van der Waals surface area contributed by atoms with E-state index >= 15 is 4.39 Å². The summed E-state index contributed by atoms with van der Waals surface area (Å²) < 4.78 is 22.9. The van der Waals surface area contributed by atoms with Crippen LogP contribution in [0.5, 0.6) is 0 Å². The largest absolute Gasteiger partial charge is 0.466 e. The average molecular weight is 543 g/mol. The van der Waals surface area contributed by atoms with Gasteiger partial charge in [0.1, 0.15) is 11.2 Å². The van der Waals surface area contributed by atoms with E-state index in [1.54, 1.807) is 18.6 Å². The second-order valence-corrected chi connectivity index (χ2v) is 11.4. The van der Waals surface area contributed by atoms with E-state index in [4.69, 9.17) is 9.72 Å². The zero-order valence-electron chi connectivity index (χ0n) is 21.4. The lowest BCUT2D eigenvalue weighted by Crippen LogP contribution is -2.52. The molecule has 198 valence electrons. The summed E-state index contributed by atoms with van der Waals surface area (Å²) in [5.74, 6) is -0.168. The minimum Gasteiger partial charge on any atom is -0.466 e. The van der Waals surface area contributed by atoms with E-state index in [0.717, 1.165) is 35.8 Å². The number of H-pyrrole nitrogens is 1. The van der Waals surface area contributed by atoms with Gasteiger partial charge in [0.25, 0.3) is 0 Å². The van der Waals surface area contributed by atoms with Gasteiger partial charge in [-0.2, -0.15) is 0 Å². The first-order valence-electron chi connectivity index (χ1n) is 13.4. The Morgan fingerprint density at radius 3 is 2.74 bits per heavy atom. The molecule has 2 atom stereocenters. The first kappa shape index (κ1) is 24.1. The summed E-state index contributed by atoms with van der Waals surface area (Å²) in [6.45, 7) is 2.14. The summed E-state index contributed by atoms with van der Waals surface area (Å²) in [5, 5.41) is 4.42. The third-order valence-electron chi connectivity index (χ3n) is 8.14. The number of hydrogen-bond acceptors (Lipinski definition) is 8. The van der Waals surface area contributed by atoms with E-state index in [9.17, 15) is 4.79 Å². The zero-order valence-corrected chi connectivity index (χ0v) is 22.2. The lowest BCUT2D eigenvalue weighted by atomic mass is 9.61. The molecule has 3 saturated carbocycles. The zero-order chi connectivity index (χ0) is 26.5. The molecule has 0 aliphatic heterocycles. The summed E-state index contributed by atoms with van der Waals surface area (Å²) in [6, 6.07) is 9.65. The van der Waals surface area contributed by atoms with Gasteiger partial charge < -0.3 is 15.0 Å². The van der Waals surface area contributed by atoms with Crippen LogP contribution in [0, 0.1) is 23.6 Å². The fourth-order valence-electron chi connectivity index (χ4n) is 6.34. The van der Waals surface area contributed by atoms with Crippen molar-refractivity contribution in [2.45, 2.75) is 38.6 Å². The van der Waals surface area contributed by atoms with Gasteiger partial charge in [-0.1, -0.05) is 18.2 Å². The van der Waals surface area contributed by atoms with Crippen LogP contribution in [0.2, 0.25) is 0 Å². The van der Waals surface area contributed by atoms with Gasteiger partial charge in [-0.25, -0.2) is 19.3 Å². The number of fused-ring (bicyclic) bond motifs is 5. The lowest BCUT2D eigenvalue weighted by Gasteiger charge is -2.47. The van der Waals surface area contributed by atoms with Crippen LogP contribution in [-0.4, -0.2) is 43.5 Å². The molecule has 0 spiro atoms. The number of rotatable bonds is 6. The summed E-state index contributed by atoms with van der Waals surface area (Å²) in [7, 11) is 0. The summed E-state index contributed by atoms with van der Waals surface area (Å²) in [4.78, 5) is 35.1. The van der Waals surface area contributed by atoms with Crippen molar-refractivity contribution in [3.05, 3.63) is 54.7 Å². The Hall–Kier alpha value is -3.92. The van der Waals surface area contributed by atoms with Crippen LogP contribution >= 0.6 is 11.3 Å². The van der Waals surface area contributed by atoms with Crippen molar-refractivity contribution in [1.82, 2.24) is 24.9 Å². The van der Waals surface area contributed by atoms with Gasteiger partial charge in [0.2, 0.25) is 0 Å². The SMILES string of the molecule is CCOC(=O)[C@@H]1C2CCC(CC2)[C@H]1Nc1nc(-c2c[nH]c3nccnc23)nc(-c2cc3ccccc3s2)c1F. The van der Waals surface area contributed by atoms with Crippen LogP contribution < -0.4 is 5.32 Å². The summed E-state index contributed by atoms with van der Waals surface area (Å²) in [6.07, 6.45) is 8.95. The molecule has 4 aromatic heterocycles. The molecule has 3 aliphatic carbocycles. The lowest BCUT2D eigenvalue weighted by molar-refractivity contribution is -0.154. The molecule has 2 N–H and O–H groups in total. The van der Waals surface area contributed by atoms with Gasteiger partial charge in [0, 0.05) is 29.3 Å². The molecule has 2 bridgehead atoms. The van der Waals surface area contributed by atoms with Crippen molar-refractivity contribution >= 4 is 44.4 Å². The fourth-order valence-corrected chi connectivity index (χ4v) is 7.38. The van der Waals surface area contributed by atoms with Crippen molar-refractivity contribution in [3.63, 3.8) is 0 Å².